The number of hydrogen-bond acceptors (Lipinski definition) is 3. The monoisotopic (exact) mass is 328 g/mol. The number of nitrogens with one attached hydrogen (secondary N) is 1. The van der Waals surface area contributed by atoms with E-state index < -0.39 is 0 Å². The molecule has 2 amide bonds. The standard InChI is InChI=1S/C18H20N2O2S/c1-13(21)19-15-8-6-14(7-9-15)12-18(22)20-10-2-4-16(20)17-5-3-11-23-17/h3,5-9,11,16H,2,4,10,12H2,1H3,(H,19,21). The number of likely N-dealkylation sites (tertiary alicyclic amines) is 1. The Labute approximate surface area is 140 Å². The summed E-state index contributed by atoms with van der Waals surface area (Å²) < 4.78 is 0. The number of anilines is 1. The Balaban J connectivity index is 1.65. The second kappa shape index (κ2) is 6.96. The van der Waals surface area contributed by atoms with E-state index in [1.165, 1.54) is 11.8 Å². The first kappa shape index (κ1) is 15.7. The van der Waals surface area contributed by atoms with Crippen LogP contribution in [0.5, 0.6) is 0 Å². The van der Waals surface area contributed by atoms with Gasteiger partial charge in [-0.15, -0.1) is 11.3 Å². The van der Waals surface area contributed by atoms with Gasteiger partial charge >= 0.3 is 0 Å². The Bertz CT molecular complexity index is 680. The summed E-state index contributed by atoms with van der Waals surface area (Å²) >= 11 is 1.72. The van der Waals surface area contributed by atoms with Gasteiger partial charge in [0.1, 0.15) is 0 Å². The summed E-state index contributed by atoms with van der Waals surface area (Å²) in [7, 11) is 0. The maximum Gasteiger partial charge on any atom is 0.227 e. The Hall–Kier alpha value is -2.14. The number of thiophene rings is 1. The highest BCUT2D eigenvalue weighted by atomic mass is 32.1. The topological polar surface area (TPSA) is 49.4 Å². The van der Waals surface area contributed by atoms with Gasteiger partial charge in [-0.2, -0.15) is 0 Å². The van der Waals surface area contributed by atoms with Gasteiger partial charge in [0.2, 0.25) is 11.8 Å². The lowest BCUT2D eigenvalue weighted by molar-refractivity contribution is -0.131. The number of carbonyl (C=O) groups excluding carboxylic acids is 2. The van der Waals surface area contributed by atoms with Crippen molar-refractivity contribution in [3.05, 3.63) is 52.2 Å². The SMILES string of the molecule is CC(=O)Nc1ccc(CC(=O)N2CCCC2c2cccs2)cc1. The minimum atomic E-state index is -0.0929. The first-order valence-electron chi connectivity index (χ1n) is 7.83. The lowest BCUT2D eigenvalue weighted by Gasteiger charge is -2.24. The Kier molecular flexibility index (Phi) is 4.76. The number of hydrogen-bond donors (Lipinski definition) is 1. The van der Waals surface area contributed by atoms with Crippen LogP contribution in [-0.2, 0) is 16.0 Å². The molecular formula is C18H20N2O2S. The van der Waals surface area contributed by atoms with Crippen LogP contribution in [0.3, 0.4) is 0 Å². The summed E-state index contributed by atoms with van der Waals surface area (Å²) in [5.41, 5.74) is 1.73. The van der Waals surface area contributed by atoms with Crippen LogP contribution in [0, 0.1) is 0 Å². The molecule has 2 aromatic rings. The third-order valence-corrected chi connectivity index (χ3v) is 5.05. The van der Waals surface area contributed by atoms with Crippen molar-refractivity contribution >= 4 is 28.8 Å². The minimum Gasteiger partial charge on any atom is -0.335 e. The number of carbonyl (C=O) groups is 2. The van der Waals surface area contributed by atoms with Crippen LogP contribution in [0.2, 0.25) is 0 Å². The first-order valence-corrected chi connectivity index (χ1v) is 8.71. The zero-order valence-corrected chi connectivity index (χ0v) is 13.9. The van der Waals surface area contributed by atoms with Crippen LogP contribution in [0.1, 0.15) is 36.2 Å². The van der Waals surface area contributed by atoms with E-state index in [1.807, 2.05) is 35.2 Å². The molecule has 23 heavy (non-hydrogen) atoms. The molecule has 5 heteroatoms. The van der Waals surface area contributed by atoms with Crippen LogP contribution < -0.4 is 5.32 Å². The van der Waals surface area contributed by atoms with Gasteiger partial charge in [-0.1, -0.05) is 18.2 Å². The molecule has 4 nitrogen and oxygen atoms in total. The zero-order chi connectivity index (χ0) is 16.2. The second-order valence-corrected chi connectivity index (χ2v) is 6.79. The van der Waals surface area contributed by atoms with Crippen LogP contribution in [0.25, 0.3) is 0 Å². The fraction of sp³-hybridized carbons (Fsp3) is 0.333. The molecule has 0 saturated carbocycles. The fourth-order valence-corrected chi connectivity index (χ4v) is 3.90. The van der Waals surface area contributed by atoms with Crippen molar-refractivity contribution < 1.29 is 9.59 Å². The Morgan fingerprint density at radius 1 is 1.26 bits per heavy atom. The number of benzene rings is 1. The van der Waals surface area contributed by atoms with Gasteiger partial charge in [0.15, 0.2) is 0 Å². The van der Waals surface area contributed by atoms with Crippen molar-refractivity contribution in [3.8, 4) is 0 Å². The summed E-state index contributed by atoms with van der Waals surface area (Å²) in [6, 6.07) is 11.9. The molecule has 1 aliphatic heterocycles. The molecule has 1 fully saturated rings. The summed E-state index contributed by atoms with van der Waals surface area (Å²) in [6.07, 6.45) is 2.52. The summed E-state index contributed by atoms with van der Waals surface area (Å²) in [4.78, 5) is 27.0. The van der Waals surface area contributed by atoms with Crippen molar-refractivity contribution in [1.29, 1.82) is 0 Å². The highest BCUT2D eigenvalue weighted by Crippen LogP contribution is 2.34. The minimum absolute atomic E-state index is 0.0929. The van der Waals surface area contributed by atoms with Crippen LogP contribution in [0.15, 0.2) is 41.8 Å². The van der Waals surface area contributed by atoms with Crippen molar-refractivity contribution in [2.24, 2.45) is 0 Å². The summed E-state index contributed by atoms with van der Waals surface area (Å²) in [6.45, 7) is 2.32. The van der Waals surface area contributed by atoms with Crippen LogP contribution in [0.4, 0.5) is 5.69 Å². The third kappa shape index (κ3) is 3.79. The smallest absolute Gasteiger partial charge is 0.227 e. The molecule has 1 unspecified atom stereocenters. The summed E-state index contributed by atoms with van der Waals surface area (Å²) in [5, 5.41) is 4.80. The largest absolute Gasteiger partial charge is 0.335 e. The van der Waals surface area contributed by atoms with Gasteiger partial charge in [-0.3, -0.25) is 9.59 Å². The number of amides is 2. The predicted octanol–water partition coefficient (Wildman–Crippen LogP) is 3.61. The quantitative estimate of drug-likeness (QED) is 0.932. The maximum atomic E-state index is 12.6. The van der Waals surface area contributed by atoms with Crippen molar-refractivity contribution in [3.63, 3.8) is 0 Å². The van der Waals surface area contributed by atoms with Crippen molar-refractivity contribution in [2.45, 2.75) is 32.2 Å². The molecule has 0 aliphatic carbocycles. The van der Waals surface area contributed by atoms with E-state index in [0.717, 1.165) is 30.6 Å². The van der Waals surface area contributed by atoms with E-state index in [4.69, 9.17) is 0 Å². The van der Waals surface area contributed by atoms with Crippen molar-refractivity contribution in [1.82, 2.24) is 4.90 Å². The first-order chi connectivity index (χ1) is 11.1. The molecule has 1 aromatic heterocycles. The van der Waals surface area contributed by atoms with E-state index in [9.17, 15) is 9.59 Å². The lowest BCUT2D eigenvalue weighted by Crippen LogP contribution is -2.31. The highest BCUT2D eigenvalue weighted by Gasteiger charge is 2.30. The molecule has 120 valence electrons. The van der Waals surface area contributed by atoms with Crippen LogP contribution >= 0.6 is 11.3 Å². The van der Waals surface area contributed by atoms with E-state index >= 15 is 0 Å². The average Bonchev–Trinajstić information content (AvgIpc) is 3.19. The van der Waals surface area contributed by atoms with Crippen molar-refractivity contribution in [2.75, 3.05) is 11.9 Å². The van der Waals surface area contributed by atoms with Gasteiger partial charge in [0, 0.05) is 24.0 Å². The van der Waals surface area contributed by atoms with Gasteiger partial charge in [-0.05, 0) is 42.0 Å². The number of rotatable bonds is 4. The lowest BCUT2D eigenvalue weighted by atomic mass is 10.1. The van der Waals surface area contributed by atoms with E-state index in [-0.39, 0.29) is 17.9 Å². The normalized spacial score (nSPS) is 17.3. The molecule has 0 spiro atoms. The van der Waals surface area contributed by atoms with E-state index in [1.54, 1.807) is 11.3 Å². The molecule has 0 bridgehead atoms. The van der Waals surface area contributed by atoms with Gasteiger partial charge in [-0.25, -0.2) is 0 Å². The highest BCUT2D eigenvalue weighted by molar-refractivity contribution is 7.10. The molecule has 1 saturated heterocycles. The molecule has 0 radical (unpaired) electrons. The Morgan fingerprint density at radius 3 is 2.70 bits per heavy atom. The van der Waals surface area contributed by atoms with E-state index in [0.29, 0.717) is 6.42 Å². The number of nitrogens with zero attached hydrogens (tertiary/aromatic N) is 1. The van der Waals surface area contributed by atoms with Crippen LogP contribution in [-0.4, -0.2) is 23.3 Å². The molecule has 1 N–H and O–H groups in total. The van der Waals surface area contributed by atoms with Gasteiger partial charge < -0.3 is 10.2 Å². The molecule has 1 atom stereocenters. The van der Waals surface area contributed by atoms with Gasteiger partial charge in [0.25, 0.3) is 0 Å². The predicted molar refractivity (Wildman–Crippen MR) is 92.5 cm³/mol. The molecule has 1 aromatic carbocycles. The molecule has 2 heterocycles. The fourth-order valence-electron chi connectivity index (χ4n) is 3.03. The third-order valence-electron chi connectivity index (χ3n) is 4.07. The second-order valence-electron chi connectivity index (χ2n) is 5.82. The zero-order valence-electron chi connectivity index (χ0n) is 13.1. The molecule has 3 rings (SSSR count). The summed E-state index contributed by atoms with van der Waals surface area (Å²) in [5.74, 6) is 0.0814. The molecular weight excluding hydrogens is 308 g/mol. The molecule has 1 aliphatic rings. The Morgan fingerprint density at radius 2 is 2.04 bits per heavy atom. The van der Waals surface area contributed by atoms with Gasteiger partial charge in [0.05, 0.1) is 12.5 Å². The average molecular weight is 328 g/mol. The van der Waals surface area contributed by atoms with E-state index in [2.05, 4.69) is 16.8 Å². The maximum absolute atomic E-state index is 12.6.